The molecule has 1 saturated heterocycles. The first-order valence-electron chi connectivity index (χ1n) is 8.16. The second-order valence-electron chi connectivity index (χ2n) is 6.72. The minimum Gasteiger partial charge on any atom is -0.441 e. The average Bonchev–Trinajstić information content (AvgIpc) is 3.05. The van der Waals surface area contributed by atoms with E-state index in [0.717, 1.165) is 26.7 Å². The predicted octanol–water partition coefficient (Wildman–Crippen LogP) is 4.22. The Balaban J connectivity index is 2.01. The predicted molar refractivity (Wildman–Crippen MR) is 95.6 cm³/mol. The fraction of sp³-hybridized carbons (Fsp3) is 0.300. The number of aryl methyl sites for hydroxylation is 2. The van der Waals surface area contributed by atoms with Crippen molar-refractivity contribution in [3.05, 3.63) is 62.6 Å². The van der Waals surface area contributed by atoms with E-state index in [1.807, 2.05) is 51.1 Å². The van der Waals surface area contributed by atoms with Crippen molar-refractivity contribution in [1.82, 2.24) is 0 Å². The second-order valence-corrected chi connectivity index (χ2v) is 7.57. The highest BCUT2D eigenvalue weighted by Gasteiger charge is 2.64. The Morgan fingerprint density at radius 2 is 1.84 bits per heavy atom. The van der Waals surface area contributed by atoms with E-state index in [-0.39, 0.29) is 12.4 Å². The molecule has 2 aromatic rings. The van der Waals surface area contributed by atoms with E-state index >= 15 is 0 Å². The lowest BCUT2D eigenvalue weighted by atomic mass is 9.76. The summed E-state index contributed by atoms with van der Waals surface area (Å²) in [5.41, 5.74) is 3.00. The smallest absolute Gasteiger partial charge is 0.361 e. The fourth-order valence-corrected chi connectivity index (χ4v) is 4.57. The number of carbonyl (C=O) groups excluding carboxylic acids is 2. The maximum atomic E-state index is 13.0. The van der Waals surface area contributed by atoms with Crippen molar-refractivity contribution in [2.75, 3.05) is 0 Å². The van der Waals surface area contributed by atoms with E-state index in [4.69, 9.17) is 9.47 Å². The SMILES string of the molecule is Cc1cc(C)c2c(c1C)OC(=O)[C@]21OC(=O)C[C@H]1c1ccccc1Br. The van der Waals surface area contributed by atoms with Crippen LogP contribution in [0.3, 0.4) is 0 Å². The van der Waals surface area contributed by atoms with Crippen LogP contribution in [0.25, 0.3) is 0 Å². The van der Waals surface area contributed by atoms with Gasteiger partial charge in [0.25, 0.3) is 0 Å². The Hall–Kier alpha value is -2.14. The van der Waals surface area contributed by atoms with Crippen molar-refractivity contribution in [3.63, 3.8) is 0 Å². The molecule has 2 aliphatic heterocycles. The summed E-state index contributed by atoms with van der Waals surface area (Å²) in [4.78, 5) is 25.3. The molecule has 0 aliphatic carbocycles. The van der Waals surface area contributed by atoms with Gasteiger partial charge in [-0.05, 0) is 49.1 Å². The van der Waals surface area contributed by atoms with E-state index in [1.165, 1.54) is 0 Å². The van der Waals surface area contributed by atoms with Crippen LogP contribution in [-0.2, 0) is 19.9 Å². The quantitative estimate of drug-likeness (QED) is 0.531. The molecule has 4 nitrogen and oxygen atoms in total. The maximum absolute atomic E-state index is 13.0. The van der Waals surface area contributed by atoms with Crippen molar-refractivity contribution in [3.8, 4) is 5.75 Å². The highest BCUT2D eigenvalue weighted by Crippen LogP contribution is 2.57. The molecule has 0 saturated carbocycles. The number of fused-ring (bicyclic) bond motifs is 2. The molecule has 4 rings (SSSR count). The summed E-state index contributed by atoms with van der Waals surface area (Å²) in [6, 6.07) is 9.63. The largest absolute Gasteiger partial charge is 0.441 e. The standard InChI is InChI=1S/C20H17BrO4/c1-10-8-11(2)17-18(12(10)3)24-19(23)20(17)14(9-16(22)25-20)13-6-4-5-7-15(13)21/h4-8,14H,9H2,1-3H3/t14-,20+/m0/s1. The number of rotatable bonds is 1. The third kappa shape index (κ3) is 2.11. The molecule has 0 amide bonds. The van der Waals surface area contributed by atoms with Gasteiger partial charge in [-0.3, -0.25) is 4.79 Å². The Bertz CT molecular complexity index is 934. The highest BCUT2D eigenvalue weighted by molar-refractivity contribution is 9.10. The molecule has 25 heavy (non-hydrogen) atoms. The summed E-state index contributed by atoms with van der Waals surface area (Å²) in [6.07, 6.45) is 0.142. The molecule has 0 radical (unpaired) electrons. The van der Waals surface area contributed by atoms with Crippen LogP contribution in [-0.4, -0.2) is 11.9 Å². The van der Waals surface area contributed by atoms with E-state index in [2.05, 4.69) is 15.9 Å². The van der Waals surface area contributed by atoms with Gasteiger partial charge in [0.05, 0.1) is 17.9 Å². The van der Waals surface area contributed by atoms with Crippen LogP contribution in [0.2, 0.25) is 0 Å². The molecule has 1 fully saturated rings. The normalized spacial score (nSPS) is 24.4. The van der Waals surface area contributed by atoms with Gasteiger partial charge in [0, 0.05) is 4.47 Å². The first-order chi connectivity index (χ1) is 11.9. The number of hydrogen-bond donors (Lipinski definition) is 0. The van der Waals surface area contributed by atoms with Gasteiger partial charge in [0.15, 0.2) is 0 Å². The molecule has 128 valence electrons. The Labute approximate surface area is 154 Å². The number of halogens is 1. The molecule has 1 spiro atoms. The van der Waals surface area contributed by atoms with Crippen LogP contribution in [0.1, 0.15) is 40.2 Å². The minimum atomic E-state index is -1.40. The van der Waals surface area contributed by atoms with Crippen molar-refractivity contribution in [2.45, 2.75) is 38.7 Å². The Morgan fingerprint density at radius 3 is 2.56 bits per heavy atom. The Kier molecular flexibility index (Phi) is 3.55. The van der Waals surface area contributed by atoms with Gasteiger partial charge >= 0.3 is 11.9 Å². The lowest BCUT2D eigenvalue weighted by molar-refractivity contribution is -0.166. The average molecular weight is 401 g/mol. The van der Waals surface area contributed by atoms with Crippen molar-refractivity contribution >= 4 is 27.9 Å². The summed E-state index contributed by atoms with van der Waals surface area (Å²) in [7, 11) is 0. The first kappa shape index (κ1) is 16.3. The molecule has 0 aromatic heterocycles. The number of ether oxygens (including phenoxy) is 2. The summed E-state index contributed by atoms with van der Waals surface area (Å²) in [5.74, 6) is -0.784. The zero-order valence-electron chi connectivity index (χ0n) is 14.2. The van der Waals surface area contributed by atoms with Gasteiger partial charge in [-0.15, -0.1) is 0 Å². The molecular weight excluding hydrogens is 384 g/mol. The summed E-state index contributed by atoms with van der Waals surface area (Å²) >= 11 is 3.54. The molecular formula is C20H17BrO4. The van der Waals surface area contributed by atoms with Gasteiger partial charge in [-0.25, -0.2) is 4.79 Å². The van der Waals surface area contributed by atoms with Gasteiger partial charge in [-0.1, -0.05) is 40.2 Å². The third-order valence-electron chi connectivity index (χ3n) is 5.27. The zero-order chi connectivity index (χ0) is 17.9. The van der Waals surface area contributed by atoms with Crippen LogP contribution in [0, 0.1) is 20.8 Å². The molecule has 2 aromatic carbocycles. The molecule has 2 atom stereocenters. The lowest BCUT2D eigenvalue weighted by Crippen LogP contribution is -2.39. The van der Waals surface area contributed by atoms with E-state index < -0.39 is 17.5 Å². The molecule has 0 bridgehead atoms. The zero-order valence-corrected chi connectivity index (χ0v) is 15.8. The fourth-order valence-electron chi connectivity index (χ4n) is 4.01. The van der Waals surface area contributed by atoms with E-state index in [1.54, 1.807) is 0 Å². The number of benzene rings is 2. The van der Waals surface area contributed by atoms with Crippen LogP contribution < -0.4 is 4.74 Å². The van der Waals surface area contributed by atoms with Crippen molar-refractivity contribution in [2.24, 2.45) is 0 Å². The van der Waals surface area contributed by atoms with Crippen molar-refractivity contribution in [1.29, 1.82) is 0 Å². The Morgan fingerprint density at radius 1 is 1.12 bits per heavy atom. The van der Waals surface area contributed by atoms with E-state index in [0.29, 0.717) is 11.3 Å². The number of esters is 2. The maximum Gasteiger partial charge on any atom is 0.361 e. The van der Waals surface area contributed by atoms with Gasteiger partial charge < -0.3 is 9.47 Å². The van der Waals surface area contributed by atoms with Crippen LogP contribution in [0.5, 0.6) is 5.75 Å². The topological polar surface area (TPSA) is 52.6 Å². The number of hydrogen-bond acceptors (Lipinski definition) is 4. The molecule has 5 heteroatoms. The minimum absolute atomic E-state index is 0.142. The molecule has 0 unspecified atom stereocenters. The van der Waals surface area contributed by atoms with Crippen LogP contribution in [0.4, 0.5) is 0 Å². The van der Waals surface area contributed by atoms with Crippen LogP contribution >= 0.6 is 15.9 Å². The van der Waals surface area contributed by atoms with Crippen LogP contribution in [0.15, 0.2) is 34.8 Å². The first-order valence-corrected chi connectivity index (χ1v) is 8.95. The van der Waals surface area contributed by atoms with E-state index in [9.17, 15) is 9.59 Å². The highest BCUT2D eigenvalue weighted by atomic mass is 79.9. The lowest BCUT2D eigenvalue weighted by Gasteiger charge is -2.28. The molecule has 2 aliphatic rings. The van der Waals surface area contributed by atoms with Gasteiger partial charge in [-0.2, -0.15) is 0 Å². The van der Waals surface area contributed by atoms with Crippen molar-refractivity contribution < 1.29 is 19.1 Å². The summed E-state index contributed by atoms with van der Waals surface area (Å²) < 4.78 is 12.2. The van der Waals surface area contributed by atoms with Gasteiger partial charge in [0.2, 0.25) is 5.60 Å². The monoisotopic (exact) mass is 400 g/mol. The number of carbonyl (C=O) groups is 2. The second kappa shape index (κ2) is 5.43. The third-order valence-corrected chi connectivity index (χ3v) is 6.00. The molecule has 0 N–H and O–H groups in total. The summed E-state index contributed by atoms with van der Waals surface area (Å²) in [5, 5.41) is 0. The molecule has 2 heterocycles. The van der Waals surface area contributed by atoms with Gasteiger partial charge in [0.1, 0.15) is 5.75 Å². The summed E-state index contributed by atoms with van der Waals surface area (Å²) in [6.45, 7) is 5.83.